The minimum atomic E-state index is -3.11. The number of hydrogen-bond acceptors (Lipinski definition) is 3. The first-order valence-electron chi connectivity index (χ1n) is 5.17. The molecular weight excluding hydrogens is 200 g/mol. The minimum absolute atomic E-state index is 0.336. The van der Waals surface area contributed by atoms with Gasteiger partial charge in [-0.15, -0.1) is 0 Å². The quantitative estimate of drug-likeness (QED) is 0.781. The summed E-state index contributed by atoms with van der Waals surface area (Å²) in [6.45, 7) is 4.02. The second-order valence-corrected chi connectivity index (χ2v) is 7.14. The van der Waals surface area contributed by atoms with Gasteiger partial charge in [-0.2, -0.15) is 0 Å². The van der Waals surface area contributed by atoms with Gasteiger partial charge >= 0.3 is 0 Å². The maximum atomic E-state index is 11.5. The van der Waals surface area contributed by atoms with Crippen LogP contribution in [0.15, 0.2) is 0 Å². The van der Waals surface area contributed by atoms with Crippen LogP contribution in [0.25, 0.3) is 0 Å². The highest BCUT2D eigenvalue weighted by Crippen LogP contribution is 2.38. The molecule has 1 rings (SSSR count). The van der Waals surface area contributed by atoms with Crippen LogP contribution < -0.4 is 0 Å². The first kappa shape index (κ1) is 12.0. The lowest BCUT2D eigenvalue weighted by atomic mass is 9.91. The lowest BCUT2D eigenvalue weighted by Gasteiger charge is -2.30. The second-order valence-electron chi connectivity index (χ2n) is 4.91. The molecule has 0 aromatic rings. The molecule has 0 aliphatic heterocycles. The fourth-order valence-electron chi connectivity index (χ4n) is 2.58. The molecule has 0 saturated heterocycles. The van der Waals surface area contributed by atoms with Crippen molar-refractivity contribution >= 4 is 9.84 Å². The summed E-state index contributed by atoms with van der Waals surface area (Å²) in [5.41, 5.74) is -0.970. The van der Waals surface area contributed by atoms with Crippen LogP contribution in [-0.2, 0) is 9.84 Å². The van der Waals surface area contributed by atoms with E-state index in [0.29, 0.717) is 25.2 Å². The van der Waals surface area contributed by atoms with Gasteiger partial charge in [0.2, 0.25) is 0 Å². The summed E-state index contributed by atoms with van der Waals surface area (Å²) in [5, 5.41) is 9.73. The Morgan fingerprint density at radius 3 is 2.50 bits per heavy atom. The van der Waals surface area contributed by atoms with Gasteiger partial charge in [-0.25, -0.2) is 8.42 Å². The average Bonchev–Trinajstić information content (AvgIpc) is 2.27. The highest BCUT2D eigenvalue weighted by Gasteiger charge is 2.46. The lowest BCUT2D eigenvalue weighted by molar-refractivity contribution is 0.0298. The van der Waals surface area contributed by atoms with E-state index in [1.807, 2.05) is 13.8 Å². The summed E-state index contributed by atoms with van der Waals surface area (Å²) in [6, 6.07) is 0. The Bertz CT molecular complexity index is 294. The van der Waals surface area contributed by atoms with Crippen molar-refractivity contribution < 1.29 is 13.5 Å². The summed E-state index contributed by atoms with van der Waals surface area (Å²) in [6.07, 6.45) is 3.88. The van der Waals surface area contributed by atoms with Crippen molar-refractivity contribution in [2.24, 2.45) is 5.92 Å². The van der Waals surface area contributed by atoms with Crippen LogP contribution in [-0.4, -0.2) is 30.6 Å². The minimum Gasteiger partial charge on any atom is -0.389 e. The van der Waals surface area contributed by atoms with Gasteiger partial charge in [0.25, 0.3) is 0 Å². The van der Waals surface area contributed by atoms with Crippen molar-refractivity contribution in [3.8, 4) is 0 Å². The Morgan fingerprint density at radius 2 is 2.07 bits per heavy atom. The fourth-order valence-corrected chi connectivity index (χ4v) is 4.18. The van der Waals surface area contributed by atoms with Gasteiger partial charge in [0.05, 0.1) is 10.9 Å². The van der Waals surface area contributed by atoms with Crippen LogP contribution in [0.4, 0.5) is 0 Å². The zero-order chi connectivity index (χ0) is 11.0. The maximum absolute atomic E-state index is 11.5. The molecule has 14 heavy (non-hydrogen) atoms. The average molecular weight is 220 g/mol. The number of aliphatic hydroxyl groups is 1. The molecular formula is C10H20O3S. The molecule has 1 fully saturated rings. The van der Waals surface area contributed by atoms with Crippen molar-refractivity contribution in [2.45, 2.75) is 50.4 Å². The van der Waals surface area contributed by atoms with Gasteiger partial charge in [-0.05, 0) is 31.6 Å². The molecule has 84 valence electrons. The fraction of sp³-hybridized carbons (Fsp3) is 1.00. The molecule has 0 bridgehead atoms. The number of hydrogen-bond donors (Lipinski definition) is 1. The molecule has 0 amide bonds. The SMILES string of the molecule is CC(C)CC1(O)CCCC1S(C)(=O)=O. The monoisotopic (exact) mass is 220 g/mol. The Hall–Kier alpha value is -0.0900. The van der Waals surface area contributed by atoms with E-state index >= 15 is 0 Å². The second kappa shape index (κ2) is 3.81. The lowest BCUT2D eigenvalue weighted by Crippen LogP contribution is -2.43. The van der Waals surface area contributed by atoms with E-state index < -0.39 is 20.7 Å². The molecule has 3 nitrogen and oxygen atoms in total. The molecule has 0 spiro atoms. The molecule has 4 heteroatoms. The third kappa shape index (κ3) is 2.48. The Labute approximate surface area is 86.4 Å². The summed E-state index contributed by atoms with van der Waals surface area (Å²) < 4.78 is 22.9. The smallest absolute Gasteiger partial charge is 0.153 e. The highest BCUT2D eigenvalue weighted by atomic mass is 32.2. The topological polar surface area (TPSA) is 54.4 Å². The van der Waals surface area contributed by atoms with Crippen LogP contribution in [0, 0.1) is 5.92 Å². The van der Waals surface area contributed by atoms with Crippen LogP contribution in [0.2, 0.25) is 0 Å². The van der Waals surface area contributed by atoms with Crippen molar-refractivity contribution in [1.29, 1.82) is 0 Å². The standard InChI is InChI=1S/C10H20O3S/c1-8(2)7-10(11)6-4-5-9(10)14(3,12)13/h8-9,11H,4-7H2,1-3H3. The van der Waals surface area contributed by atoms with Crippen LogP contribution in [0.3, 0.4) is 0 Å². The Morgan fingerprint density at radius 1 is 1.50 bits per heavy atom. The largest absolute Gasteiger partial charge is 0.389 e. The molecule has 0 radical (unpaired) electrons. The molecule has 0 heterocycles. The van der Waals surface area contributed by atoms with Crippen LogP contribution >= 0.6 is 0 Å². The summed E-state index contributed by atoms with van der Waals surface area (Å²) in [4.78, 5) is 0. The van der Waals surface area contributed by atoms with Gasteiger partial charge in [-0.1, -0.05) is 13.8 Å². The van der Waals surface area contributed by atoms with Gasteiger partial charge < -0.3 is 5.11 Å². The summed E-state index contributed by atoms with van der Waals surface area (Å²) >= 11 is 0. The zero-order valence-electron chi connectivity index (χ0n) is 9.16. The maximum Gasteiger partial charge on any atom is 0.153 e. The third-order valence-electron chi connectivity index (χ3n) is 2.95. The van der Waals surface area contributed by atoms with E-state index in [0.717, 1.165) is 6.42 Å². The van der Waals surface area contributed by atoms with E-state index in [1.165, 1.54) is 6.26 Å². The van der Waals surface area contributed by atoms with Gasteiger partial charge in [0, 0.05) is 6.26 Å². The van der Waals surface area contributed by atoms with Crippen molar-refractivity contribution in [3.05, 3.63) is 0 Å². The predicted molar refractivity (Wildman–Crippen MR) is 56.9 cm³/mol. The van der Waals surface area contributed by atoms with E-state index in [9.17, 15) is 13.5 Å². The first-order valence-corrected chi connectivity index (χ1v) is 7.12. The summed E-state index contributed by atoms with van der Waals surface area (Å²) in [7, 11) is -3.11. The third-order valence-corrected chi connectivity index (χ3v) is 4.66. The first-order chi connectivity index (χ1) is 6.26. The molecule has 0 aromatic heterocycles. The molecule has 1 N–H and O–H groups in total. The zero-order valence-corrected chi connectivity index (χ0v) is 9.97. The molecule has 0 aromatic carbocycles. The van der Waals surface area contributed by atoms with E-state index in [1.54, 1.807) is 0 Å². The Balaban J connectivity index is 2.87. The molecule has 2 atom stereocenters. The van der Waals surface area contributed by atoms with Crippen molar-refractivity contribution in [2.75, 3.05) is 6.26 Å². The number of rotatable bonds is 3. The van der Waals surface area contributed by atoms with Crippen molar-refractivity contribution in [1.82, 2.24) is 0 Å². The van der Waals surface area contributed by atoms with Crippen LogP contribution in [0.1, 0.15) is 39.5 Å². The van der Waals surface area contributed by atoms with E-state index in [-0.39, 0.29) is 0 Å². The highest BCUT2D eigenvalue weighted by molar-refractivity contribution is 7.91. The van der Waals surface area contributed by atoms with E-state index in [4.69, 9.17) is 0 Å². The Kier molecular flexibility index (Phi) is 3.26. The van der Waals surface area contributed by atoms with Gasteiger partial charge in [0.1, 0.15) is 0 Å². The molecule has 1 aliphatic carbocycles. The molecule has 2 unspecified atom stereocenters. The van der Waals surface area contributed by atoms with Crippen molar-refractivity contribution in [3.63, 3.8) is 0 Å². The van der Waals surface area contributed by atoms with Gasteiger partial charge in [0.15, 0.2) is 9.84 Å². The van der Waals surface area contributed by atoms with Gasteiger partial charge in [-0.3, -0.25) is 0 Å². The molecule has 1 aliphatic rings. The van der Waals surface area contributed by atoms with E-state index in [2.05, 4.69) is 0 Å². The predicted octanol–water partition coefficient (Wildman–Crippen LogP) is 1.36. The van der Waals surface area contributed by atoms with Crippen LogP contribution in [0.5, 0.6) is 0 Å². The number of sulfone groups is 1. The normalized spacial score (nSPS) is 33.9. The summed E-state index contributed by atoms with van der Waals surface area (Å²) in [5.74, 6) is 0.336. The molecule has 1 saturated carbocycles.